The Bertz CT molecular complexity index is 1090. The Labute approximate surface area is 157 Å². The molecule has 0 spiro atoms. The van der Waals surface area contributed by atoms with Crippen LogP contribution in [0.1, 0.15) is 54.9 Å². The third-order valence-corrected chi connectivity index (χ3v) is 5.58. The minimum atomic E-state index is -0.0636. The maximum Gasteiger partial charge on any atom is 0.167 e. The molecule has 0 unspecified atom stereocenters. The predicted octanol–water partition coefficient (Wildman–Crippen LogP) is 3.37. The van der Waals surface area contributed by atoms with E-state index in [2.05, 4.69) is 35.4 Å². The lowest BCUT2D eigenvalue weighted by atomic mass is 9.75. The van der Waals surface area contributed by atoms with E-state index in [-0.39, 0.29) is 11.2 Å². The maximum absolute atomic E-state index is 12.7. The summed E-state index contributed by atoms with van der Waals surface area (Å²) < 4.78 is 1.93. The van der Waals surface area contributed by atoms with Crippen molar-refractivity contribution in [2.75, 3.05) is 11.1 Å². The van der Waals surface area contributed by atoms with Crippen molar-refractivity contribution in [1.82, 2.24) is 20.0 Å². The predicted molar refractivity (Wildman–Crippen MR) is 105 cm³/mol. The van der Waals surface area contributed by atoms with E-state index in [0.717, 1.165) is 45.6 Å². The second-order valence-electron chi connectivity index (χ2n) is 8.70. The minimum Gasteiger partial charge on any atom is -0.382 e. The highest BCUT2D eigenvalue weighted by atomic mass is 16.1. The molecule has 2 aliphatic carbocycles. The number of nitrogens with zero attached hydrogens (tertiary/aromatic N) is 3. The van der Waals surface area contributed by atoms with Crippen molar-refractivity contribution in [3.05, 3.63) is 29.1 Å². The molecule has 1 saturated carbocycles. The fourth-order valence-corrected chi connectivity index (χ4v) is 4.20. The van der Waals surface area contributed by atoms with E-state index in [1.54, 1.807) is 0 Å². The normalized spacial score (nSPS) is 18.7. The lowest BCUT2D eigenvalue weighted by Gasteiger charge is -2.29. The summed E-state index contributed by atoms with van der Waals surface area (Å²) in [5.74, 6) is 0.683. The van der Waals surface area contributed by atoms with Crippen LogP contribution in [0.15, 0.2) is 12.1 Å². The number of H-pyrrole nitrogens is 1. The average Bonchev–Trinajstić information content (AvgIpc) is 3.22. The summed E-state index contributed by atoms with van der Waals surface area (Å²) in [4.78, 5) is 12.7. The number of fused-ring (bicyclic) bond motifs is 2. The van der Waals surface area contributed by atoms with Crippen molar-refractivity contribution in [2.24, 2.45) is 5.41 Å². The number of anilines is 2. The molecule has 0 amide bonds. The van der Waals surface area contributed by atoms with Crippen molar-refractivity contribution >= 4 is 28.2 Å². The number of hydrogen-bond donors (Lipinski definition) is 3. The Hall–Kier alpha value is -2.83. The van der Waals surface area contributed by atoms with Gasteiger partial charge in [0.1, 0.15) is 0 Å². The molecule has 3 aromatic rings. The van der Waals surface area contributed by atoms with Gasteiger partial charge in [-0.2, -0.15) is 10.2 Å². The lowest BCUT2D eigenvalue weighted by molar-refractivity contribution is 0.0910. The van der Waals surface area contributed by atoms with E-state index in [1.807, 2.05) is 17.7 Å². The molecule has 0 aliphatic heterocycles. The molecule has 7 heteroatoms. The first-order valence-electron chi connectivity index (χ1n) is 9.48. The van der Waals surface area contributed by atoms with Crippen LogP contribution in [-0.4, -0.2) is 31.8 Å². The van der Waals surface area contributed by atoms with Crippen molar-refractivity contribution in [3.63, 3.8) is 0 Å². The van der Waals surface area contributed by atoms with Crippen LogP contribution < -0.4 is 11.1 Å². The summed E-state index contributed by atoms with van der Waals surface area (Å²) in [6.07, 6.45) is 3.73. The largest absolute Gasteiger partial charge is 0.382 e. The summed E-state index contributed by atoms with van der Waals surface area (Å²) in [6.45, 7) is 6.19. The zero-order valence-corrected chi connectivity index (χ0v) is 15.9. The van der Waals surface area contributed by atoms with Gasteiger partial charge in [0.2, 0.25) is 0 Å². The molecule has 1 fully saturated rings. The quantitative estimate of drug-likeness (QED) is 0.661. The molecule has 2 aliphatic rings. The van der Waals surface area contributed by atoms with Gasteiger partial charge in [0, 0.05) is 18.2 Å². The van der Waals surface area contributed by atoms with Crippen LogP contribution in [0.4, 0.5) is 11.5 Å². The Morgan fingerprint density at radius 1 is 1.30 bits per heavy atom. The molecule has 2 heterocycles. The van der Waals surface area contributed by atoms with Gasteiger partial charge in [-0.15, -0.1) is 0 Å². The summed E-state index contributed by atoms with van der Waals surface area (Å²) in [5, 5.41) is 16.4. The fraction of sp³-hybridized carbons (Fsp3) is 0.450. The topological polar surface area (TPSA) is 102 Å². The minimum absolute atomic E-state index is 0.0636. The molecule has 2 aromatic heterocycles. The monoisotopic (exact) mass is 364 g/mol. The lowest BCUT2D eigenvalue weighted by Crippen LogP contribution is -2.28. The number of aromatic nitrogens is 4. The van der Waals surface area contributed by atoms with Crippen LogP contribution in [0, 0.1) is 12.3 Å². The van der Waals surface area contributed by atoms with Crippen LogP contribution >= 0.6 is 0 Å². The van der Waals surface area contributed by atoms with Crippen LogP contribution in [0.3, 0.4) is 0 Å². The Balaban J connectivity index is 1.71. The second-order valence-corrected chi connectivity index (χ2v) is 8.70. The number of nitrogens with one attached hydrogen (secondary N) is 2. The third-order valence-electron chi connectivity index (χ3n) is 5.58. The first-order chi connectivity index (χ1) is 12.8. The van der Waals surface area contributed by atoms with E-state index < -0.39 is 0 Å². The second kappa shape index (κ2) is 5.34. The summed E-state index contributed by atoms with van der Waals surface area (Å²) >= 11 is 0. The molecule has 0 radical (unpaired) electrons. The molecule has 1 aromatic carbocycles. The van der Waals surface area contributed by atoms with Gasteiger partial charge in [-0.25, -0.2) is 4.68 Å². The Morgan fingerprint density at radius 2 is 2.07 bits per heavy atom. The van der Waals surface area contributed by atoms with Crippen LogP contribution in [0.5, 0.6) is 0 Å². The third kappa shape index (κ3) is 2.60. The highest BCUT2D eigenvalue weighted by molar-refractivity contribution is 6.02. The van der Waals surface area contributed by atoms with Crippen LogP contribution in [-0.2, 0) is 6.42 Å². The van der Waals surface area contributed by atoms with Gasteiger partial charge in [0.15, 0.2) is 11.6 Å². The zero-order valence-electron chi connectivity index (χ0n) is 15.9. The molecule has 140 valence electrons. The van der Waals surface area contributed by atoms with Crippen molar-refractivity contribution in [1.29, 1.82) is 0 Å². The fourth-order valence-electron chi connectivity index (χ4n) is 4.20. The number of hydrogen-bond acceptors (Lipinski definition) is 5. The summed E-state index contributed by atoms with van der Waals surface area (Å²) in [5.41, 5.74) is 11.4. The van der Waals surface area contributed by atoms with E-state index in [9.17, 15) is 4.79 Å². The molecule has 7 nitrogen and oxygen atoms in total. The summed E-state index contributed by atoms with van der Waals surface area (Å²) in [6, 6.07) is 4.58. The number of carbonyl (C=O) groups excluding carboxylic acids is 1. The average molecular weight is 364 g/mol. The number of ketones is 1. The van der Waals surface area contributed by atoms with Gasteiger partial charge in [-0.1, -0.05) is 13.8 Å². The number of nitrogens with two attached hydrogens (primary N) is 1. The molecule has 4 N–H and O–H groups in total. The van der Waals surface area contributed by atoms with Crippen molar-refractivity contribution in [2.45, 2.75) is 52.5 Å². The molecule has 0 atom stereocenters. The van der Waals surface area contributed by atoms with Crippen molar-refractivity contribution in [3.8, 4) is 5.69 Å². The van der Waals surface area contributed by atoms with E-state index in [0.29, 0.717) is 18.3 Å². The van der Waals surface area contributed by atoms with E-state index in [4.69, 9.17) is 10.8 Å². The van der Waals surface area contributed by atoms with Gasteiger partial charge < -0.3 is 11.1 Å². The smallest absolute Gasteiger partial charge is 0.167 e. The molecule has 0 bridgehead atoms. The first-order valence-corrected chi connectivity index (χ1v) is 9.48. The number of benzene rings is 1. The highest BCUT2D eigenvalue weighted by Gasteiger charge is 2.36. The van der Waals surface area contributed by atoms with Gasteiger partial charge in [-0.3, -0.25) is 9.89 Å². The number of rotatable bonds is 3. The van der Waals surface area contributed by atoms with E-state index >= 15 is 0 Å². The number of carbonyl (C=O) groups is 1. The first kappa shape index (κ1) is 16.4. The Kier molecular flexibility index (Phi) is 3.24. The number of nitrogen functional groups attached to an aromatic ring is 1. The zero-order chi connectivity index (χ0) is 18.9. The van der Waals surface area contributed by atoms with Gasteiger partial charge in [-0.05, 0) is 43.7 Å². The molecule has 27 heavy (non-hydrogen) atoms. The van der Waals surface area contributed by atoms with Gasteiger partial charge >= 0.3 is 0 Å². The van der Waals surface area contributed by atoms with Gasteiger partial charge in [0.25, 0.3) is 0 Å². The standard InChI is InChI=1S/C20H24N6O/c1-10-17-15(8-20(2,3)9-16(17)27)26(25-10)12-6-13(22-11-4-5-11)18-14(7-12)23-24-19(18)21/h6-7,11,22H,4-5,8-9H2,1-3H3,(H3,21,23,24). The van der Waals surface area contributed by atoms with Crippen LogP contribution in [0.2, 0.25) is 0 Å². The highest BCUT2D eigenvalue weighted by Crippen LogP contribution is 2.39. The van der Waals surface area contributed by atoms with Gasteiger partial charge in [0.05, 0.1) is 33.5 Å². The SMILES string of the molecule is Cc1nn(-c2cc(NC3CC3)c3c(N)n[nH]c3c2)c2c1C(=O)CC(C)(C)C2. The number of aromatic amines is 1. The number of aryl methyl sites for hydroxylation is 1. The number of Topliss-reactive ketones (excluding diaryl/α,β-unsaturated/α-hetero) is 1. The van der Waals surface area contributed by atoms with E-state index in [1.165, 1.54) is 12.8 Å². The van der Waals surface area contributed by atoms with Crippen molar-refractivity contribution < 1.29 is 4.79 Å². The molecule has 0 saturated heterocycles. The maximum atomic E-state index is 12.7. The molecular weight excluding hydrogens is 340 g/mol. The molecule has 5 rings (SSSR count). The summed E-state index contributed by atoms with van der Waals surface area (Å²) in [7, 11) is 0. The molecular formula is C20H24N6O. The Morgan fingerprint density at radius 3 is 2.81 bits per heavy atom. The van der Waals surface area contributed by atoms with Crippen LogP contribution in [0.25, 0.3) is 16.6 Å².